The fourth-order valence-electron chi connectivity index (χ4n) is 2.03. The van der Waals surface area contributed by atoms with Crippen LogP contribution in [-0.2, 0) is 23.8 Å². The van der Waals surface area contributed by atoms with Gasteiger partial charge in [-0.3, -0.25) is 0 Å². The van der Waals surface area contributed by atoms with E-state index in [1.165, 1.54) is 7.11 Å². The van der Waals surface area contributed by atoms with Crippen molar-refractivity contribution >= 4 is 11.9 Å². The minimum Gasteiger partial charge on any atom is -0.492 e. The quantitative estimate of drug-likeness (QED) is 0.429. The molecule has 1 heterocycles. The average molecular weight is 252 g/mol. The number of rotatable bonds is 4. The number of carbonyl (C=O) groups excluding carboxylic acids is 2. The van der Waals surface area contributed by atoms with Crippen molar-refractivity contribution in [2.24, 2.45) is 5.92 Å². The number of carbonyl (C=O) groups is 2. The van der Waals surface area contributed by atoms with E-state index in [1.807, 2.05) is 0 Å². The fourth-order valence-corrected chi connectivity index (χ4v) is 2.03. The molecule has 1 atom stereocenters. The zero-order valence-corrected chi connectivity index (χ0v) is 10.3. The Bertz CT molecular complexity index is 408. The zero-order valence-electron chi connectivity index (χ0n) is 10.3. The van der Waals surface area contributed by atoms with Crippen molar-refractivity contribution < 1.29 is 23.8 Å². The Balaban J connectivity index is 2.00. The van der Waals surface area contributed by atoms with E-state index in [-0.39, 0.29) is 17.9 Å². The standard InChI is InChI=1S/C13H16O5/c1-16-12(14)11-10(8-18-13(11)15)17-7-9-5-3-2-4-6-9/h3,5,9H,2,4,6-8H2,1H3. The fraction of sp³-hybridized carbons (Fsp3) is 0.538. The zero-order chi connectivity index (χ0) is 13.0. The minimum absolute atomic E-state index is 0.0136. The van der Waals surface area contributed by atoms with Gasteiger partial charge in [0.05, 0.1) is 13.7 Å². The van der Waals surface area contributed by atoms with Crippen molar-refractivity contribution in [3.63, 3.8) is 0 Å². The summed E-state index contributed by atoms with van der Waals surface area (Å²) in [6, 6.07) is 0. The van der Waals surface area contributed by atoms with Crippen LogP contribution in [-0.4, -0.2) is 32.3 Å². The summed E-state index contributed by atoms with van der Waals surface area (Å²) in [7, 11) is 1.22. The number of methoxy groups -OCH3 is 1. The molecule has 2 aliphatic rings. The second-order valence-corrected chi connectivity index (χ2v) is 4.30. The summed E-state index contributed by atoms with van der Waals surface area (Å²) in [5.74, 6) is -0.755. The maximum Gasteiger partial charge on any atom is 0.349 e. The van der Waals surface area contributed by atoms with Gasteiger partial charge >= 0.3 is 11.9 Å². The smallest absolute Gasteiger partial charge is 0.349 e. The maximum absolute atomic E-state index is 11.4. The summed E-state index contributed by atoms with van der Waals surface area (Å²) in [6.07, 6.45) is 7.55. The van der Waals surface area contributed by atoms with Crippen LogP contribution in [0.25, 0.3) is 0 Å². The van der Waals surface area contributed by atoms with Gasteiger partial charge in [0, 0.05) is 5.92 Å². The molecule has 0 aromatic heterocycles. The van der Waals surface area contributed by atoms with Crippen LogP contribution in [0.4, 0.5) is 0 Å². The first-order valence-corrected chi connectivity index (χ1v) is 6.00. The molecule has 5 nitrogen and oxygen atoms in total. The van der Waals surface area contributed by atoms with Crippen LogP contribution in [0.15, 0.2) is 23.5 Å². The van der Waals surface area contributed by atoms with E-state index in [1.54, 1.807) is 0 Å². The molecule has 0 spiro atoms. The second-order valence-electron chi connectivity index (χ2n) is 4.30. The van der Waals surface area contributed by atoms with Crippen LogP contribution in [0, 0.1) is 5.92 Å². The van der Waals surface area contributed by atoms with Gasteiger partial charge in [0.15, 0.2) is 11.3 Å². The third-order valence-electron chi connectivity index (χ3n) is 3.03. The lowest BCUT2D eigenvalue weighted by atomic mass is 9.97. The summed E-state index contributed by atoms with van der Waals surface area (Å²) in [5, 5.41) is 0. The highest BCUT2D eigenvalue weighted by atomic mass is 16.6. The van der Waals surface area contributed by atoms with Crippen molar-refractivity contribution in [2.75, 3.05) is 20.3 Å². The number of hydrogen-bond acceptors (Lipinski definition) is 5. The predicted octanol–water partition coefficient (Wildman–Crippen LogP) is 1.34. The molecule has 0 N–H and O–H groups in total. The summed E-state index contributed by atoms with van der Waals surface area (Å²) < 4.78 is 14.8. The molecule has 2 rings (SSSR count). The highest BCUT2D eigenvalue weighted by Gasteiger charge is 2.33. The van der Waals surface area contributed by atoms with Gasteiger partial charge in [-0.15, -0.1) is 0 Å². The van der Waals surface area contributed by atoms with Gasteiger partial charge in [-0.1, -0.05) is 12.2 Å². The minimum atomic E-state index is -0.702. The number of allylic oxidation sites excluding steroid dienone is 1. The van der Waals surface area contributed by atoms with Crippen LogP contribution in [0.2, 0.25) is 0 Å². The molecule has 5 heteroatoms. The summed E-state index contributed by atoms with van der Waals surface area (Å²) in [4.78, 5) is 22.8. The van der Waals surface area contributed by atoms with Gasteiger partial charge in [-0.05, 0) is 19.3 Å². The third-order valence-corrected chi connectivity index (χ3v) is 3.03. The van der Waals surface area contributed by atoms with E-state index < -0.39 is 11.9 Å². The molecule has 1 aliphatic heterocycles. The average Bonchev–Trinajstić information content (AvgIpc) is 2.78. The first-order chi connectivity index (χ1) is 8.72. The van der Waals surface area contributed by atoms with Crippen molar-refractivity contribution in [3.8, 4) is 0 Å². The Hall–Kier alpha value is -1.78. The van der Waals surface area contributed by atoms with E-state index in [2.05, 4.69) is 16.9 Å². The van der Waals surface area contributed by atoms with Crippen molar-refractivity contribution in [3.05, 3.63) is 23.5 Å². The SMILES string of the molecule is COC(=O)C1=C(OCC2C=CCCC2)COC1=O. The van der Waals surface area contributed by atoms with Gasteiger partial charge in [0.25, 0.3) is 0 Å². The molecular formula is C13H16O5. The van der Waals surface area contributed by atoms with E-state index in [9.17, 15) is 9.59 Å². The number of ether oxygens (including phenoxy) is 3. The van der Waals surface area contributed by atoms with Crippen molar-refractivity contribution in [1.82, 2.24) is 0 Å². The normalized spacial score (nSPS) is 22.9. The van der Waals surface area contributed by atoms with Gasteiger partial charge in [-0.2, -0.15) is 0 Å². The number of cyclic esters (lactones) is 1. The number of hydrogen-bond donors (Lipinski definition) is 0. The van der Waals surface area contributed by atoms with E-state index in [0.717, 1.165) is 19.3 Å². The van der Waals surface area contributed by atoms with Crippen molar-refractivity contribution in [2.45, 2.75) is 19.3 Å². The second kappa shape index (κ2) is 5.71. The Kier molecular flexibility index (Phi) is 4.02. The lowest BCUT2D eigenvalue weighted by Crippen LogP contribution is -2.15. The molecule has 98 valence electrons. The van der Waals surface area contributed by atoms with Crippen LogP contribution in [0.3, 0.4) is 0 Å². The molecule has 0 aromatic rings. The molecular weight excluding hydrogens is 236 g/mol. The van der Waals surface area contributed by atoms with Gasteiger partial charge in [-0.25, -0.2) is 9.59 Å². The Labute approximate surface area is 105 Å². The lowest BCUT2D eigenvalue weighted by molar-refractivity contribution is -0.143. The van der Waals surface area contributed by atoms with E-state index in [4.69, 9.17) is 9.47 Å². The first kappa shape index (κ1) is 12.7. The van der Waals surface area contributed by atoms with Gasteiger partial charge < -0.3 is 14.2 Å². The van der Waals surface area contributed by atoms with Crippen LogP contribution in [0.1, 0.15) is 19.3 Å². The molecule has 0 aromatic carbocycles. The molecule has 0 fully saturated rings. The topological polar surface area (TPSA) is 61.8 Å². The van der Waals surface area contributed by atoms with Crippen molar-refractivity contribution in [1.29, 1.82) is 0 Å². The molecule has 0 bridgehead atoms. The van der Waals surface area contributed by atoms with Gasteiger partial charge in [0.1, 0.15) is 6.61 Å². The Morgan fingerprint density at radius 2 is 2.39 bits per heavy atom. The third kappa shape index (κ3) is 2.72. The highest BCUT2D eigenvalue weighted by molar-refractivity contribution is 6.15. The molecule has 1 aliphatic carbocycles. The molecule has 0 radical (unpaired) electrons. The molecule has 18 heavy (non-hydrogen) atoms. The largest absolute Gasteiger partial charge is 0.492 e. The summed E-state index contributed by atoms with van der Waals surface area (Å²) in [5.41, 5.74) is -0.114. The summed E-state index contributed by atoms with van der Waals surface area (Å²) in [6.45, 7) is 0.475. The first-order valence-electron chi connectivity index (χ1n) is 6.00. The van der Waals surface area contributed by atoms with Crippen LogP contribution >= 0.6 is 0 Å². The molecule has 1 unspecified atom stereocenters. The highest BCUT2D eigenvalue weighted by Crippen LogP contribution is 2.22. The maximum atomic E-state index is 11.4. The molecule has 0 amide bonds. The summed E-state index contributed by atoms with van der Waals surface area (Å²) >= 11 is 0. The predicted molar refractivity (Wildman–Crippen MR) is 62.4 cm³/mol. The molecule has 0 saturated heterocycles. The van der Waals surface area contributed by atoms with Crippen LogP contribution < -0.4 is 0 Å². The van der Waals surface area contributed by atoms with Gasteiger partial charge in [0.2, 0.25) is 0 Å². The van der Waals surface area contributed by atoms with Crippen LogP contribution in [0.5, 0.6) is 0 Å². The van der Waals surface area contributed by atoms with E-state index in [0.29, 0.717) is 12.5 Å². The Morgan fingerprint density at radius 1 is 1.56 bits per heavy atom. The number of esters is 2. The lowest BCUT2D eigenvalue weighted by Gasteiger charge is -2.17. The van der Waals surface area contributed by atoms with E-state index >= 15 is 0 Å². The monoisotopic (exact) mass is 252 g/mol. The molecule has 0 saturated carbocycles. The Morgan fingerprint density at radius 3 is 3.06 bits per heavy atom.